The molecule has 1 amide bonds. The molecular formula is C19H14F2N6O4. The molecule has 2 aromatic carbocycles. The number of hydrogen-bond donors (Lipinski definition) is 3. The Bertz CT molecular complexity index is 1180. The number of carbonyl (C=O) groups excluding carboxylic acids is 1. The SMILES string of the molecule is O=C1Nc2cc(Nc3ncnc(Nc4ccc5c(c4)OCCO5)n3)ccc2OC1(F)F. The number of anilines is 5. The Balaban J connectivity index is 1.32. The number of ether oxygens (including phenoxy) is 3. The molecule has 31 heavy (non-hydrogen) atoms. The summed E-state index contributed by atoms with van der Waals surface area (Å²) >= 11 is 0. The van der Waals surface area contributed by atoms with Crippen molar-refractivity contribution < 1.29 is 27.8 Å². The summed E-state index contributed by atoms with van der Waals surface area (Å²) in [4.78, 5) is 23.8. The lowest BCUT2D eigenvalue weighted by molar-refractivity contribution is -0.189. The van der Waals surface area contributed by atoms with E-state index in [1.807, 2.05) is 0 Å². The first kappa shape index (κ1) is 18.8. The van der Waals surface area contributed by atoms with E-state index in [0.29, 0.717) is 36.1 Å². The van der Waals surface area contributed by atoms with Gasteiger partial charge in [-0.25, -0.2) is 9.97 Å². The second kappa shape index (κ2) is 7.23. The van der Waals surface area contributed by atoms with E-state index < -0.39 is 12.0 Å². The van der Waals surface area contributed by atoms with Gasteiger partial charge in [-0.1, -0.05) is 0 Å². The molecule has 12 heteroatoms. The highest BCUT2D eigenvalue weighted by atomic mass is 19.3. The molecule has 5 rings (SSSR count). The molecule has 0 spiro atoms. The molecule has 2 aliphatic rings. The Morgan fingerprint density at radius 3 is 2.29 bits per heavy atom. The molecule has 0 aliphatic carbocycles. The van der Waals surface area contributed by atoms with Crippen molar-refractivity contribution in [2.75, 3.05) is 29.2 Å². The third-order valence-corrected chi connectivity index (χ3v) is 4.36. The first-order valence-electron chi connectivity index (χ1n) is 9.11. The van der Waals surface area contributed by atoms with Crippen LogP contribution < -0.4 is 30.2 Å². The van der Waals surface area contributed by atoms with Crippen molar-refractivity contribution in [2.45, 2.75) is 6.11 Å². The highest BCUT2D eigenvalue weighted by Gasteiger charge is 2.46. The second-order valence-corrected chi connectivity index (χ2v) is 6.53. The van der Waals surface area contributed by atoms with Gasteiger partial charge in [0.1, 0.15) is 19.5 Å². The fraction of sp³-hybridized carbons (Fsp3) is 0.158. The van der Waals surface area contributed by atoms with E-state index >= 15 is 0 Å². The Labute approximate surface area is 173 Å². The first-order valence-corrected chi connectivity index (χ1v) is 9.11. The van der Waals surface area contributed by atoms with E-state index in [9.17, 15) is 13.6 Å². The molecule has 0 unspecified atom stereocenters. The predicted octanol–water partition coefficient (Wildman–Crippen LogP) is 3.05. The van der Waals surface area contributed by atoms with Crippen LogP contribution in [0, 0.1) is 0 Å². The molecule has 10 nitrogen and oxygen atoms in total. The molecule has 0 radical (unpaired) electrons. The Morgan fingerprint density at radius 1 is 0.903 bits per heavy atom. The number of benzene rings is 2. The van der Waals surface area contributed by atoms with Crippen molar-refractivity contribution in [3.05, 3.63) is 42.7 Å². The second-order valence-electron chi connectivity index (χ2n) is 6.53. The third kappa shape index (κ3) is 3.82. The van der Waals surface area contributed by atoms with Gasteiger partial charge in [0.2, 0.25) is 11.9 Å². The molecule has 3 N–H and O–H groups in total. The molecule has 0 saturated heterocycles. The van der Waals surface area contributed by atoms with Crippen LogP contribution in [0.5, 0.6) is 17.2 Å². The largest absolute Gasteiger partial charge is 0.486 e. The molecule has 0 bridgehead atoms. The van der Waals surface area contributed by atoms with Crippen molar-refractivity contribution in [1.29, 1.82) is 0 Å². The maximum atomic E-state index is 13.3. The smallest absolute Gasteiger partial charge is 0.482 e. The average Bonchev–Trinajstić information content (AvgIpc) is 2.75. The van der Waals surface area contributed by atoms with Crippen LogP contribution in [0.1, 0.15) is 0 Å². The lowest BCUT2D eigenvalue weighted by atomic mass is 10.2. The summed E-state index contributed by atoms with van der Waals surface area (Å²) < 4.78 is 42.1. The fourth-order valence-corrected chi connectivity index (χ4v) is 2.97. The molecule has 0 atom stereocenters. The number of aromatic nitrogens is 3. The minimum atomic E-state index is -3.91. The van der Waals surface area contributed by atoms with E-state index in [1.54, 1.807) is 18.2 Å². The zero-order valence-corrected chi connectivity index (χ0v) is 15.7. The van der Waals surface area contributed by atoms with E-state index in [0.717, 1.165) is 0 Å². The zero-order chi connectivity index (χ0) is 21.4. The number of rotatable bonds is 4. The molecular weight excluding hydrogens is 414 g/mol. The summed E-state index contributed by atoms with van der Waals surface area (Å²) in [6.07, 6.45) is -2.61. The topological polar surface area (TPSA) is 120 Å². The van der Waals surface area contributed by atoms with Crippen LogP contribution in [-0.2, 0) is 4.79 Å². The van der Waals surface area contributed by atoms with Gasteiger partial charge in [-0.3, -0.25) is 4.79 Å². The number of carbonyl (C=O) groups is 1. The minimum Gasteiger partial charge on any atom is -0.486 e. The van der Waals surface area contributed by atoms with Crippen molar-refractivity contribution in [3.63, 3.8) is 0 Å². The first-order chi connectivity index (χ1) is 15.0. The number of hydrogen-bond acceptors (Lipinski definition) is 9. The van der Waals surface area contributed by atoms with Crippen LogP contribution >= 0.6 is 0 Å². The van der Waals surface area contributed by atoms with Gasteiger partial charge in [0.25, 0.3) is 0 Å². The van der Waals surface area contributed by atoms with E-state index in [2.05, 4.69) is 35.6 Å². The van der Waals surface area contributed by atoms with Gasteiger partial charge in [0.05, 0.1) is 5.69 Å². The molecule has 0 fully saturated rings. The normalized spacial score (nSPS) is 15.9. The maximum absolute atomic E-state index is 13.3. The highest BCUT2D eigenvalue weighted by molar-refractivity contribution is 5.99. The van der Waals surface area contributed by atoms with Crippen molar-refractivity contribution in [3.8, 4) is 17.2 Å². The van der Waals surface area contributed by atoms with Crippen molar-refractivity contribution in [2.24, 2.45) is 0 Å². The Morgan fingerprint density at radius 2 is 1.55 bits per heavy atom. The average molecular weight is 428 g/mol. The number of nitrogens with one attached hydrogen (secondary N) is 3. The van der Waals surface area contributed by atoms with Crippen LogP contribution in [0.15, 0.2) is 42.7 Å². The fourth-order valence-electron chi connectivity index (χ4n) is 2.97. The summed E-state index contributed by atoms with van der Waals surface area (Å²) in [6, 6.07) is 9.58. The molecule has 3 aromatic rings. The van der Waals surface area contributed by atoms with Gasteiger partial charge in [-0.15, -0.1) is 0 Å². The van der Waals surface area contributed by atoms with Gasteiger partial charge in [-0.2, -0.15) is 13.8 Å². The van der Waals surface area contributed by atoms with Gasteiger partial charge in [0, 0.05) is 17.4 Å². The molecule has 158 valence electrons. The summed E-state index contributed by atoms with van der Waals surface area (Å²) in [5.41, 5.74) is 1.24. The molecule has 3 heterocycles. The summed E-state index contributed by atoms with van der Waals surface area (Å²) in [5.74, 6) is 0.0605. The number of halogens is 2. The monoisotopic (exact) mass is 428 g/mol. The summed E-state index contributed by atoms with van der Waals surface area (Å²) in [7, 11) is 0. The Hall–Kier alpha value is -4.22. The van der Waals surface area contributed by atoms with E-state index in [4.69, 9.17) is 9.47 Å². The van der Waals surface area contributed by atoms with Crippen LogP contribution in [0.3, 0.4) is 0 Å². The third-order valence-electron chi connectivity index (χ3n) is 4.36. The quantitative estimate of drug-likeness (QED) is 0.576. The van der Waals surface area contributed by atoms with E-state index in [1.165, 1.54) is 24.5 Å². The predicted molar refractivity (Wildman–Crippen MR) is 104 cm³/mol. The zero-order valence-electron chi connectivity index (χ0n) is 15.7. The van der Waals surface area contributed by atoms with Crippen LogP contribution in [-0.4, -0.2) is 40.2 Å². The lowest BCUT2D eigenvalue weighted by Crippen LogP contribution is -2.43. The minimum absolute atomic E-state index is 0.101. The van der Waals surface area contributed by atoms with E-state index in [-0.39, 0.29) is 23.3 Å². The van der Waals surface area contributed by atoms with Crippen LogP contribution in [0.2, 0.25) is 0 Å². The number of alkyl halides is 2. The summed E-state index contributed by atoms with van der Waals surface area (Å²) in [6.45, 7) is 0.976. The molecule has 2 aliphatic heterocycles. The maximum Gasteiger partial charge on any atom is 0.482 e. The van der Waals surface area contributed by atoms with Crippen LogP contribution in [0.4, 0.5) is 37.7 Å². The van der Waals surface area contributed by atoms with Crippen molar-refractivity contribution in [1.82, 2.24) is 15.0 Å². The highest BCUT2D eigenvalue weighted by Crippen LogP contribution is 2.37. The van der Waals surface area contributed by atoms with Gasteiger partial charge in [-0.05, 0) is 30.3 Å². The number of nitrogens with zero attached hydrogens (tertiary/aromatic N) is 3. The van der Waals surface area contributed by atoms with Gasteiger partial charge >= 0.3 is 12.0 Å². The summed E-state index contributed by atoms with van der Waals surface area (Å²) in [5, 5.41) is 8.08. The van der Waals surface area contributed by atoms with Crippen LogP contribution in [0.25, 0.3) is 0 Å². The molecule has 0 saturated carbocycles. The standard InChI is InChI=1S/C19H14F2N6O4/c20-19(21)16(28)26-12-7-10(1-3-13(12)31-19)24-17-22-9-23-18(27-17)25-11-2-4-14-15(8-11)30-6-5-29-14/h1-4,7-9H,5-6H2,(H,26,28)(H2,22,23,24,25,27). The van der Waals surface area contributed by atoms with Gasteiger partial charge in [0.15, 0.2) is 17.2 Å². The van der Waals surface area contributed by atoms with Crippen molar-refractivity contribution >= 4 is 34.9 Å². The molecule has 1 aromatic heterocycles. The number of fused-ring (bicyclic) bond motifs is 2. The lowest BCUT2D eigenvalue weighted by Gasteiger charge is -2.25. The number of amides is 1. The van der Waals surface area contributed by atoms with Gasteiger partial charge < -0.3 is 30.2 Å². The Kier molecular flexibility index (Phi) is 4.38.